The van der Waals surface area contributed by atoms with Crippen LogP contribution in [0.25, 0.3) is 0 Å². The number of aryl methyl sites for hydroxylation is 1. The smallest absolute Gasteiger partial charge is 0.545 e. The minimum atomic E-state index is -1.68. The number of carbonyl (C=O) groups is 3. The standard InChI is InChI=1S/C13H14O6.2K/c1-4-19-13(18)9-6(2)5-8(11(14)15)10(7(9)3)12(16)17;;/h5H,4H2,1-3H3,(H,14,15)(H,16,17);;/q;2*+1/p-2. The van der Waals surface area contributed by atoms with Crippen molar-refractivity contribution < 1.29 is 132 Å². The van der Waals surface area contributed by atoms with Crippen LogP contribution in [0.2, 0.25) is 0 Å². The van der Waals surface area contributed by atoms with Gasteiger partial charge in [0.05, 0.1) is 24.1 Å². The van der Waals surface area contributed by atoms with E-state index in [-0.39, 0.29) is 121 Å². The molecule has 0 unspecified atom stereocenters. The summed E-state index contributed by atoms with van der Waals surface area (Å²) in [6.45, 7) is 4.56. The van der Waals surface area contributed by atoms with Crippen LogP contribution in [0.15, 0.2) is 6.07 Å². The van der Waals surface area contributed by atoms with Crippen LogP contribution < -0.4 is 113 Å². The molecule has 0 aliphatic heterocycles. The molecule has 1 aromatic rings. The van der Waals surface area contributed by atoms with Crippen molar-refractivity contribution in [1.82, 2.24) is 0 Å². The number of esters is 1. The van der Waals surface area contributed by atoms with Crippen molar-refractivity contribution in [2.75, 3.05) is 6.61 Å². The first-order valence-corrected chi connectivity index (χ1v) is 5.55. The Bertz CT molecular complexity index is 568. The van der Waals surface area contributed by atoms with Crippen LogP contribution in [0.4, 0.5) is 0 Å². The first kappa shape index (κ1) is 24.2. The van der Waals surface area contributed by atoms with Crippen molar-refractivity contribution in [1.29, 1.82) is 0 Å². The fraction of sp³-hybridized carbons (Fsp3) is 0.308. The Balaban J connectivity index is 0. The number of hydrogen-bond acceptors (Lipinski definition) is 6. The second-order valence-corrected chi connectivity index (χ2v) is 3.91. The molecule has 8 heteroatoms. The summed E-state index contributed by atoms with van der Waals surface area (Å²) in [5, 5.41) is 22.0. The van der Waals surface area contributed by atoms with E-state index in [0.29, 0.717) is 5.56 Å². The van der Waals surface area contributed by atoms with Gasteiger partial charge in [0, 0.05) is 11.1 Å². The summed E-state index contributed by atoms with van der Waals surface area (Å²) in [7, 11) is 0. The van der Waals surface area contributed by atoms with E-state index in [1.165, 1.54) is 13.8 Å². The average Bonchev–Trinajstić information content (AvgIpc) is 2.27. The van der Waals surface area contributed by atoms with E-state index >= 15 is 0 Å². The third-order valence-corrected chi connectivity index (χ3v) is 2.68. The molecule has 0 saturated heterocycles. The molecule has 0 spiro atoms. The molecular weight excluding hydrogens is 330 g/mol. The van der Waals surface area contributed by atoms with Crippen molar-refractivity contribution in [3.05, 3.63) is 33.9 Å². The van der Waals surface area contributed by atoms with E-state index < -0.39 is 29.0 Å². The van der Waals surface area contributed by atoms with Crippen LogP contribution in [-0.4, -0.2) is 24.5 Å². The largest absolute Gasteiger partial charge is 1.00 e. The van der Waals surface area contributed by atoms with Gasteiger partial charge in [0.25, 0.3) is 0 Å². The number of carbonyl (C=O) groups excluding carboxylic acids is 3. The summed E-state index contributed by atoms with van der Waals surface area (Å²) in [6, 6.07) is 1.07. The molecule has 0 aromatic heterocycles. The Kier molecular flexibility index (Phi) is 12.2. The van der Waals surface area contributed by atoms with Crippen molar-refractivity contribution >= 4 is 17.9 Å². The number of carboxylic acid groups (broad SMARTS) is 2. The Labute approximate surface area is 207 Å². The van der Waals surface area contributed by atoms with Crippen LogP contribution in [0.1, 0.15) is 49.1 Å². The van der Waals surface area contributed by atoms with Gasteiger partial charge >= 0.3 is 109 Å². The summed E-state index contributed by atoms with van der Waals surface area (Å²) < 4.78 is 4.81. The van der Waals surface area contributed by atoms with Gasteiger partial charge in [-0.05, 0) is 38.0 Å². The first-order valence-electron chi connectivity index (χ1n) is 5.55. The number of ether oxygens (including phenoxy) is 1. The third-order valence-electron chi connectivity index (χ3n) is 2.68. The van der Waals surface area contributed by atoms with Gasteiger partial charge in [-0.3, -0.25) is 0 Å². The van der Waals surface area contributed by atoms with Gasteiger partial charge < -0.3 is 24.5 Å². The van der Waals surface area contributed by atoms with Crippen molar-refractivity contribution in [2.24, 2.45) is 0 Å². The predicted octanol–water partition coefficient (Wildman–Crippen LogP) is -6.78. The Morgan fingerprint density at radius 1 is 1.05 bits per heavy atom. The minimum Gasteiger partial charge on any atom is -0.545 e. The number of rotatable bonds is 4. The molecule has 102 valence electrons. The molecule has 21 heavy (non-hydrogen) atoms. The molecule has 1 aromatic carbocycles. The summed E-state index contributed by atoms with van der Waals surface area (Å²) in [6.07, 6.45) is 0. The molecule has 1 rings (SSSR count). The maximum Gasteiger partial charge on any atom is 1.00 e. The van der Waals surface area contributed by atoms with Gasteiger partial charge in [-0.25, -0.2) is 4.79 Å². The van der Waals surface area contributed by atoms with Gasteiger partial charge in [0.1, 0.15) is 0 Å². The quantitative estimate of drug-likeness (QED) is 0.398. The van der Waals surface area contributed by atoms with Crippen LogP contribution in [-0.2, 0) is 4.74 Å². The molecule has 0 fully saturated rings. The molecule has 0 heterocycles. The Morgan fingerprint density at radius 2 is 1.57 bits per heavy atom. The normalized spacial score (nSPS) is 9.10. The van der Waals surface area contributed by atoms with E-state index in [2.05, 4.69) is 0 Å². The first-order chi connectivity index (χ1) is 8.81. The summed E-state index contributed by atoms with van der Waals surface area (Å²) >= 11 is 0. The van der Waals surface area contributed by atoms with E-state index in [4.69, 9.17) is 4.74 Å². The van der Waals surface area contributed by atoms with E-state index in [0.717, 1.165) is 6.07 Å². The Hall–Kier alpha value is 0.903. The molecule has 0 bridgehead atoms. The topological polar surface area (TPSA) is 107 Å². The fourth-order valence-electron chi connectivity index (χ4n) is 1.92. The van der Waals surface area contributed by atoms with E-state index in [9.17, 15) is 24.6 Å². The molecular formula is C13H12K2O6. The Morgan fingerprint density at radius 3 is 1.95 bits per heavy atom. The molecule has 0 radical (unpaired) electrons. The number of aromatic carboxylic acids is 2. The molecule has 6 nitrogen and oxygen atoms in total. The van der Waals surface area contributed by atoms with Gasteiger partial charge in [-0.15, -0.1) is 0 Å². The zero-order chi connectivity index (χ0) is 14.7. The second-order valence-electron chi connectivity index (χ2n) is 3.91. The second kappa shape index (κ2) is 10.6. The maximum atomic E-state index is 11.7. The molecule has 0 amide bonds. The number of carboxylic acids is 2. The predicted molar refractivity (Wildman–Crippen MR) is 60.5 cm³/mol. The monoisotopic (exact) mass is 342 g/mol. The molecule has 0 atom stereocenters. The summed E-state index contributed by atoms with van der Waals surface area (Å²) in [4.78, 5) is 33.7. The summed E-state index contributed by atoms with van der Waals surface area (Å²) in [5.41, 5.74) is -0.736. The van der Waals surface area contributed by atoms with Gasteiger partial charge in [0.2, 0.25) is 0 Å². The van der Waals surface area contributed by atoms with Crippen molar-refractivity contribution in [2.45, 2.75) is 20.8 Å². The molecule has 0 N–H and O–H groups in total. The number of benzene rings is 1. The van der Waals surface area contributed by atoms with Gasteiger partial charge in [0.15, 0.2) is 0 Å². The minimum absolute atomic E-state index is 0. The van der Waals surface area contributed by atoms with Crippen molar-refractivity contribution in [3.8, 4) is 0 Å². The van der Waals surface area contributed by atoms with Gasteiger partial charge in [-0.2, -0.15) is 0 Å². The maximum absolute atomic E-state index is 11.7. The summed E-state index contributed by atoms with van der Waals surface area (Å²) in [5.74, 6) is -4.02. The van der Waals surface area contributed by atoms with Gasteiger partial charge in [-0.1, -0.05) is 0 Å². The number of hydrogen-bond donors (Lipinski definition) is 0. The van der Waals surface area contributed by atoms with E-state index in [1.807, 2.05) is 0 Å². The molecule has 0 aliphatic carbocycles. The van der Waals surface area contributed by atoms with Crippen LogP contribution >= 0.6 is 0 Å². The SMILES string of the molecule is CCOC(=O)c1c(C)cc(C(=O)[O-])c(C(=O)[O-])c1C.[K+].[K+]. The molecule has 0 aliphatic rings. The average molecular weight is 342 g/mol. The molecule has 0 saturated carbocycles. The van der Waals surface area contributed by atoms with Crippen LogP contribution in [0.3, 0.4) is 0 Å². The van der Waals surface area contributed by atoms with E-state index in [1.54, 1.807) is 6.92 Å². The van der Waals surface area contributed by atoms with Crippen LogP contribution in [0.5, 0.6) is 0 Å². The fourth-order valence-corrected chi connectivity index (χ4v) is 1.92. The van der Waals surface area contributed by atoms with Crippen molar-refractivity contribution in [3.63, 3.8) is 0 Å². The van der Waals surface area contributed by atoms with Crippen LogP contribution in [0, 0.1) is 13.8 Å². The third kappa shape index (κ3) is 5.79. The zero-order valence-corrected chi connectivity index (χ0v) is 19.0. The zero-order valence-electron chi connectivity index (χ0n) is 12.7.